The Balaban J connectivity index is 1.86. The molecule has 5 nitrogen and oxygen atoms in total. The van der Waals surface area contributed by atoms with Crippen molar-refractivity contribution < 1.29 is 4.79 Å². The Labute approximate surface area is 159 Å². The Morgan fingerprint density at radius 3 is 2.73 bits per heavy atom. The lowest BCUT2D eigenvalue weighted by molar-refractivity contribution is -0.135. The normalized spacial score (nSPS) is 17.1. The fourth-order valence-corrected chi connectivity index (χ4v) is 3.70. The molecule has 26 heavy (non-hydrogen) atoms. The van der Waals surface area contributed by atoms with Crippen LogP contribution in [0.25, 0.3) is 0 Å². The Kier molecular flexibility index (Phi) is 5.53. The molecule has 6 heteroatoms. The number of nitrogens with two attached hydrogens (primary N) is 1. The predicted octanol–water partition coefficient (Wildman–Crippen LogP) is 3.59. The molecule has 0 radical (unpaired) electrons. The van der Waals surface area contributed by atoms with Crippen LogP contribution in [-0.2, 0) is 17.8 Å². The van der Waals surface area contributed by atoms with Crippen molar-refractivity contribution in [1.29, 1.82) is 5.26 Å². The minimum Gasteiger partial charge on any atom is -0.397 e. The summed E-state index contributed by atoms with van der Waals surface area (Å²) in [7, 11) is 0. The van der Waals surface area contributed by atoms with E-state index in [1.165, 1.54) is 0 Å². The summed E-state index contributed by atoms with van der Waals surface area (Å²) in [6, 6.07) is 11.6. The molecule has 1 saturated heterocycles. The molecule has 0 bridgehead atoms. The summed E-state index contributed by atoms with van der Waals surface area (Å²) in [6.45, 7) is 3.01. The smallest absolute Gasteiger partial charge is 0.242 e. The summed E-state index contributed by atoms with van der Waals surface area (Å²) in [5.74, 6) is 0.0432. The van der Waals surface area contributed by atoms with Crippen molar-refractivity contribution in [2.75, 3.05) is 12.3 Å². The molecule has 0 unspecified atom stereocenters. The number of nitrogen functional groups attached to an aromatic ring is 1. The highest BCUT2D eigenvalue weighted by Gasteiger charge is 2.25. The van der Waals surface area contributed by atoms with Gasteiger partial charge in [0.15, 0.2) is 0 Å². The summed E-state index contributed by atoms with van der Waals surface area (Å²) < 4.78 is 1.76. The molecule has 1 amide bonds. The average Bonchev–Trinajstić information content (AvgIpc) is 2.92. The highest BCUT2D eigenvalue weighted by atomic mass is 35.5. The molecule has 1 aromatic heterocycles. The molecule has 1 aliphatic rings. The summed E-state index contributed by atoms with van der Waals surface area (Å²) in [5, 5.41) is 10.1. The van der Waals surface area contributed by atoms with Gasteiger partial charge in [0, 0.05) is 29.7 Å². The van der Waals surface area contributed by atoms with Gasteiger partial charge in [0.05, 0.1) is 5.69 Å². The molecule has 3 rings (SSSR count). The van der Waals surface area contributed by atoms with Gasteiger partial charge in [-0.1, -0.05) is 23.7 Å². The molecule has 1 aromatic carbocycles. The number of carbonyl (C=O) groups is 1. The molecule has 2 N–H and O–H groups in total. The fourth-order valence-electron chi connectivity index (χ4n) is 3.57. The van der Waals surface area contributed by atoms with Gasteiger partial charge in [0.2, 0.25) is 5.91 Å². The van der Waals surface area contributed by atoms with E-state index < -0.39 is 0 Å². The number of likely N-dealkylation sites (tertiary alicyclic amines) is 1. The van der Waals surface area contributed by atoms with Crippen LogP contribution in [0.2, 0.25) is 5.02 Å². The van der Waals surface area contributed by atoms with Crippen molar-refractivity contribution >= 4 is 23.2 Å². The van der Waals surface area contributed by atoms with Crippen LogP contribution in [0, 0.1) is 11.3 Å². The number of hydrogen-bond acceptors (Lipinski definition) is 3. The first kappa shape index (κ1) is 18.3. The quantitative estimate of drug-likeness (QED) is 0.893. The maximum atomic E-state index is 12.8. The van der Waals surface area contributed by atoms with Gasteiger partial charge < -0.3 is 15.2 Å². The van der Waals surface area contributed by atoms with Crippen LogP contribution < -0.4 is 5.73 Å². The third-order valence-corrected chi connectivity index (χ3v) is 5.31. The second-order valence-corrected chi connectivity index (χ2v) is 7.30. The monoisotopic (exact) mass is 370 g/mol. The van der Waals surface area contributed by atoms with Crippen LogP contribution in [-0.4, -0.2) is 28.0 Å². The first-order chi connectivity index (χ1) is 12.5. The highest BCUT2D eigenvalue weighted by molar-refractivity contribution is 6.30. The number of benzene rings is 1. The van der Waals surface area contributed by atoms with E-state index >= 15 is 0 Å². The Hall–Kier alpha value is -2.45. The van der Waals surface area contributed by atoms with Crippen molar-refractivity contribution in [3.05, 3.63) is 52.3 Å². The maximum Gasteiger partial charge on any atom is 0.242 e. The zero-order chi connectivity index (χ0) is 18.7. The topological polar surface area (TPSA) is 75.0 Å². The van der Waals surface area contributed by atoms with E-state index in [2.05, 4.69) is 13.0 Å². The van der Waals surface area contributed by atoms with E-state index in [0.29, 0.717) is 22.8 Å². The van der Waals surface area contributed by atoms with Gasteiger partial charge in [-0.15, -0.1) is 0 Å². The second kappa shape index (κ2) is 7.84. The minimum atomic E-state index is 0.0432. The van der Waals surface area contributed by atoms with Crippen molar-refractivity contribution in [2.24, 2.45) is 0 Å². The number of aromatic nitrogens is 1. The van der Waals surface area contributed by atoms with Crippen LogP contribution in [0.15, 0.2) is 30.3 Å². The first-order valence-electron chi connectivity index (χ1n) is 8.91. The third-order valence-electron chi connectivity index (χ3n) is 5.06. The van der Waals surface area contributed by atoms with Crippen LogP contribution in [0.5, 0.6) is 0 Å². The van der Waals surface area contributed by atoms with Gasteiger partial charge >= 0.3 is 0 Å². The van der Waals surface area contributed by atoms with Crippen molar-refractivity contribution in [3.8, 4) is 6.07 Å². The molecule has 1 fully saturated rings. The lowest BCUT2D eigenvalue weighted by Crippen LogP contribution is -2.43. The van der Waals surface area contributed by atoms with E-state index in [4.69, 9.17) is 17.3 Å². The van der Waals surface area contributed by atoms with Crippen molar-refractivity contribution in [2.45, 2.75) is 45.2 Å². The molecule has 0 saturated carbocycles. The minimum absolute atomic E-state index is 0.0432. The van der Waals surface area contributed by atoms with Crippen LogP contribution in [0.3, 0.4) is 0 Å². The number of halogens is 1. The Bertz CT molecular complexity index is 835. The van der Waals surface area contributed by atoms with Gasteiger partial charge in [-0.25, -0.2) is 0 Å². The zero-order valence-corrected chi connectivity index (χ0v) is 15.7. The molecule has 0 spiro atoms. The maximum absolute atomic E-state index is 12.8. The lowest BCUT2D eigenvalue weighted by atomic mass is 10.0. The predicted molar refractivity (Wildman–Crippen MR) is 103 cm³/mol. The zero-order valence-electron chi connectivity index (χ0n) is 14.9. The number of hydrogen-bond donors (Lipinski definition) is 1. The number of carbonyl (C=O) groups excluding carboxylic acids is 1. The van der Waals surface area contributed by atoms with Crippen molar-refractivity contribution in [1.82, 2.24) is 9.47 Å². The molecule has 2 heterocycles. The third kappa shape index (κ3) is 3.86. The summed E-state index contributed by atoms with van der Waals surface area (Å²) in [6.07, 6.45) is 3.77. The number of rotatable bonds is 4. The van der Waals surface area contributed by atoms with Gasteiger partial charge in [0.25, 0.3) is 0 Å². The molecule has 136 valence electrons. The largest absolute Gasteiger partial charge is 0.397 e. The SMILES string of the molecule is C[C@@H]1CCCCN1C(=O)Cn1c(C#N)cc(N)c1Cc1ccc(Cl)cc1. The lowest BCUT2D eigenvalue weighted by Gasteiger charge is -2.33. The van der Waals surface area contributed by atoms with Gasteiger partial charge in [0.1, 0.15) is 18.3 Å². The van der Waals surface area contributed by atoms with Crippen LogP contribution >= 0.6 is 11.6 Å². The molecule has 2 aromatic rings. The van der Waals surface area contributed by atoms with Crippen molar-refractivity contribution in [3.63, 3.8) is 0 Å². The number of amides is 1. The van der Waals surface area contributed by atoms with Gasteiger partial charge in [-0.3, -0.25) is 4.79 Å². The summed E-state index contributed by atoms with van der Waals surface area (Å²) >= 11 is 5.95. The first-order valence-corrected chi connectivity index (χ1v) is 9.29. The second-order valence-electron chi connectivity index (χ2n) is 6.86. The molecular formula is C20H23ClN4O. The highest BCUT2D eigenvalue weighted by Crippen LogP contribution is 2.24. The number of anilines is 1. The number of piperidine rings is 1. The van der Waals surface area contributed by atoms with Gasteiger partial charge in [-0.2, -0.15) is 5.26 Å². The summed E-state index contributed by atoms with van der Waals surface area (Å²) in [5.41, 5.74) is 8.94. The van der Waals surface area contributed by atoms with Gasteiger partial charge in [-0.05, 0) is 49.9 Å². The van der Waals surface area contributed by atoms with E-state index in [1.54, 1.807) is 10.6 Å². The summed E-state index contributed by atoms with van der Waals surface area (Å²) in [4.78, 5) is 14.8. The van der Waals surface area contributed by atoms with E-state index in [1.807, 2.05) is 29.2 Å². The van der Waals surface area contributed by atoms with Crippen LogP contribution in [0.4, 0.5) is 5.69 Å². The number of nitrogens with zero attached hydrogens (tertiary/aromatic N) is 3. The number of nitriles is 1. The standard InChI is InChI=1S/C20H23ClN4O/c1-14-4-2-3-9-24(14)20(26)13-25-17(12-22)11-18(23)19(25)10-15-5-7-16(21)8-6-15/h5-8,11,14H,2-4,9-10,13,23H2,1H3/t14-/m1/s1. The van der Waals surface area contributed by atoms with E-state index in [-0.39, 0.29) is 18.5 Å². The molecule has 0 aliphatic carbocycles. The molecular weight excluding hydrogens is 348 g/mol. The molecule has 1 aliphatic heterocycles. The Morgan fingerprint density at radius 2 is 2.08 bits per heavy atom. The van der Waals surface area contributed by atoms with Crippen LogP contribution in [0.1, 0.15) is 43.1 Å². The average molecular weight is 371 g/mol. The van der Waals surface area contributed by atoms with E-state index in [9.17, 15) is 10.1 Å². The molecule has 1 atom stereocenters. The van der Waals surface area contributed by atoms with E-state index in [0.717, 1.165) is 37.1 Å². The fraction of sp³-hybridized carbons (Fsp3) is 0.400. The Morgan fingerprint density at radius 1 is 1.35 bits per heavy atom.